The highest BCUT2D eigenvalue weighted by molar-refractivity contribution is 6.20. The van der Waals surface area contributed by atoms with Crippen molar-refractivity contribution in [2.45, 2.75) is 12.5 Å². The largest absolute Gasteiger partial charge is 0.452 e. The molecule has 0 amide bonds. The zero-order valence-electron chi connectivity index (χ0n) is 10.4. The van der Waals surface area contributed by atoms with E-state index in [2.05, 4.69) is 0 Å². The summed E-state index contributed by atoms with van der Waals surface area (Å²) in [7, 11) is 0. The third-order valence-electron chi connectivity index (χ3n) is 2.79. The molecule has 0 N–H and O–H groups in total. The van der Waals surface area contributed by atoms with E-state index in [4.69, 9.17) is 4.74 Å². The number of aldehydes is 1. The Labute approximate surface area is 111 Å². The number of ether oxygens (including phenoxy) is 1. The minimum atomic E-state index is -0.843. The summed E-state index contributed by atoms with van der Waals surface area (Å²) in [5, 5.41) is 0. The molecule has 0 heterocycles. The number of hydrogen-bond donors (Lipinski definition) is 0. The van der Waals surface area contributed by atoms with E-state index in [1.165, 1.54) is 0 Å². The summed E-state index contributed by atoms with van der Waals surface area (Å²) in [5.41, 5.74) is 1.93. The van der Waals surface area contributed by atoms with E-state index in [-0.39, 0.29) is 6.29 Å². The van der Waals surface area contributed by atoms with Crippen LogP contribution in [0.25, 0.3) is 0 Å². The maximum absolute atomic E-state index is 11.2. The molecule has 3 heteroatoms. The minimum absolute atomic E-state index is 0.195. The molecular formula is C16H14O3. The average Bonchev–Trinajstić information content (AvgIpc) is 2.48. The van der Waals surface area contributed by atoms with E-state index < -0.39 is 12.1 Å². The lowest BCUT2D eigenvalue weighted by atomic mass is 10.0. The molecule has 0 aromatic heterocycles. The van der Waals surface area contributed by atoms with Crippen LogP contribution in [0.1, 0.15) is 17.2 Å². The molecule has 19 heavy (non-hydrogen) atoms. The third kappa shape index (κ3) is 3.78. The summed E-state index contributed by atoms with van der Waals surface area (Å²) in [6.07, 6.45) is 0.298. The molecule has 0 spiro atoms. The Morgan fingerprint density at radius 3 is 2.16 bits per heavy atom. The highest BCUT2D eigenvalue weighted by Gasteiger charge is 2.16. The summed E-state index contributed by atoms with van der Waals surface area (Å²) in [6.45, 7) is 0. The fraction of sp³-hybridized carbons (Fsp3) is 0.125. The predicted molar refractivity (Wildman–Crippen MR) is 71.5 cm³/mol. The van der Waals surface area contributed by atoms with Gasteiger partial charge in [0.05, 0.1) is 0 Å². The van der Waals surface area contributed by atoms with Gasteiger partial charge in [0, 0.05) is 6.42 Å². The Morgan fingerprint density at radius 2 is 1.58 bits per heavy atom. The molecule has 0 aliphatic carbocycles. The lowest BCUT2D eigenvalue weighted by Crippen LogP contribution is -2.14. The smallest absolute Gasteiger partial charge is 0.371 e. The quantitative estimate of drug-likeness (QED) is 0.468. The number of carbonyl (C=O) groups excluding carboxylic acids is 2. The Morgan fingerprint density at radius 1 is 1.00 bits per heavy atom. The molecule has 2 rings (SSSR count). The molecular weight excluding hydrogens is 240 g/mol. The lowest BCUT2D eigenvalue weighted by molar-refractivity contribution is -0.153. The van der Waals surface area contributed by atoms with Crippen LogP contribution in [-0.4, -0.2) is 12.3 Å². The van der Waals surface area contributed by atoms with Crippen LogP contribution >= 0.6 is 0 Å². The first-order chi connectivity index (χ1) is 9.29. The van der Waals surface area contributed by atoms with Crippen molar-refractivity contribution < 1.29 is 14.3 Å². The molecule has 0 saturated heterocycles. The highest BCUT2D eigenvalue weighted by atomic mass is 16.5. The standard InChI is InChI=1S/C16H14O3/c17-12-16(18)19-15(14-9-5-2-6-10-14)11-13-7-3-1-4-8-13/h1-10,12,15H,11H2. The van der Waals surface area contributed by atoms with Crippen LogP contribution in [0.15, 0.2) is 60.7 Å². The van der Waals surface area contributed by atoms with Gasteiger partial charge in [-0.05, 0) is 11.1 Å². The van der Waals surface area contributed by atoms with Gasteiger partial charge in [0.2, 0.25) is 6.29 Å². The second kappa shape index (κ2) is 6.50. The topological polar surface area (TPSA) is 43.4 Å². The molecule has 3 nitrogen and oxygen atoms in total. The molecule has 0 fully saturated rings. The van der Waals surface area contributed by atoms with Crippen molar-refractivity contribution in [2.24, 2.45) is 0 Å². The van der Waals surface area contributed by atoms with Crippen molar-refractivity contribution in [3.63, 3.8) is 0 Å². The van der Waals surface area contributed by atoms with Crippen molar-refractivity contribution in [2.75, 3.05) is 0 Å². The molecule has 2 aromatic carbocycles. The average molecular weight is 254 g/mol. The first-order valence-electron chi connectivity index (χ1n) is 6.04. The Bertz CT molecular complexity index is 534. The van der Waals surface area contributed by atoms with E-state index in [1.54, 1.807) is 0 Å². The van der Waals surface area contributed by atoms with Crippen LogP contribution in [0.5, 0.6) is 0 Å². The van der Waals surface area contributed by atoms with Crippen LogP contribution < -0.4 is 0 Å². The number of hydrogen-bond acceptors (Lipinski definition) is 3. The van der Waals surface area contributed by atoms with Crippen molar-refractivity contribution in [1.82, 2.24) is 0 Å². The third-order valence-corrected chi connectivity index (χ3v) is 2.79. The lowest BCUT2D eigenvalue weighted by Gasteiger charge is -2.17. The van der Waals surface area contributed by atoms with Crippen LogP contribution in [0.4, 0.5) is 0 Å². The van der Waals surface area contributed by atoms with Crippen molar-refractivity contribution >= 4 is 12.3 Å². The maximum Gasteiger partial charge on any atom is 0.371 e. The van der Waals surface area contributed by atoms with Gasteiger partial charge in [0.1, 0.15) is 6.10 Å². The monoisotopic (exact) mass is 254 g/mol. The van der Waals surface area contributed by atoms with Gasteiger partial charge in [0.25, 0.3) is 0 Å². The first kappa shape index (κ1) is 13.0. The van der Waals surface area contributed by atoms with Crippen molar-refractivity contribution in [3.05, 3.63) is 71.8 Å². The van der Waals surface area contributed by atoms with Gasteiger partial charge in [0.15, 0.2) is 0 Å². The van der Waals surface area contributed by atoms with Crippen LogP contribution in [-0.2, 0) is 20.7 Å². The number of esters is 1. The fourth-order valence-corrected chi connectivity index (χ4v) is 1.89. The zero-order valence-corrected chi connectivity index (χ0v) is 10.4. The van der Waals surface area contributed by atoms with E-state index in [9.17, 15) is 9.59 Å². The van der Waals surface area contributed by atoms with Gasteiger partial charge in [-0.15, -0.1) is 0 Å². The molecule has 96 valence electrons. The van der Waals surface area contributed by atoms with Gasteiger partial charge in [-0.1, -0.05) is 60.7 Å². The van der Waals surface area contributed by atoms with Gasteiger partial charge in [-0.3, -0.25) is 4.79 Å². The molecule has 0 bridgehead atoms. The number of carbonyl (C=O) groups is 2. The van der Waals surface area contributed by atoms with E-state index >= 15 is 0 Å². The van der Waals surface area contributed by atoms with Gasteiger partial charge < -0.3 is 4.74 Å². The summed E-state index contributed by atoms with van der Waals surface area (Å²) in [4.78, 5) is 21.6. The zero-order chi connectivity index (χ0) is 13.5. The Balaban J connectivity index is 2.19. The second-order valence-electron chi connectivity index (χ2n) is 4.14. The molecule has 0 saturated carbocycles. The van der Waals surface area contributed by atoms with Crippen LogP contribution in [0.3, 0.4) is 0 Å². The van der Waals surface area contributed by atoms with Crippen molar-refractivity contribution in [3.8, 4) is 0 Å². The summed E-state index contributed by atoms with van der Waals surface area (Å²) >= 11 is 0. The minimum Gasteiger partial charge on any atom is -0.452 e. The Kier molecular flexibility index (Phi) is 4.45. The fourth-order valence-electron chi connectivity index (χ4n) is 1.89. The molecule has 1 atom stereocenters. The van der Waals surface area contributed by atoms with E-state index in [1.807, 2.05) is 60.7 Å². The SMILES string of the molecule is O=CC(=O)OC(Cc1ccccc1)c1ccccc1. The number of rotatable bonds is 5. The normalized spacial score (nSPS) is 11.6. The van der Waals surface area contributed by atoms with Crippen molar-refractivity contribution in [1.29, 1.82) is 0 Å². The maximum atomic E-state index is 11.2. The van der Waals surface area contributed by atoms with Gasteiger partial charge in [-0.2, -0.15) is 0 Å². The first-order valence-corrected chi connectivity index (χ1v) is 6.04. The summed E-state index contributed by atoms with van der Waals surface area (Å²) in [6, 6.07) is 19.1. The van der Waals surface area contributed by atoms with Crippen LogP contribution in [0, 0.1) is 0 Å². The van der Waals surface area contributed by atoms with E-state index in [0.29, 0.717) is 6.42 Å². The van der Waals surface area contributed by atoms with E-state index in [0.717, 1.165) is 11.1 Å². The molecule has 1 unspecified atom stereocenters. The second-order valence-corrected chi connectivity index (χ2v) is 4.14. The highest BCUT2D eigenvalue weighted by Crippen LogP contribution is 2.22. The molecule has 2 aromatic rings. The molecule has 0 aliphatic rings. The Hall–Kier alpha value is -2.42. The summed E-state index contributed by atoms with van der Waals surface area (Å²) in [5.74, 6) is -0.843. The predicted octanol–water partition coefficient (Wildman–Crippen LogP) is 2.71. The summed E-state index contributed by atoms with van der Waals surface area (Å²) < 4.78 is 5.18. The van der Waals surface area contributed by atoms with Gasteiger partial charge >= 0.3 is 5.97 Å². The van der Waals surface area contributed by atoms with Gasteiger partial charge in [-0.25, -0.2) is 4.79 Å². The number of benzene rings is 2. The van der Waals surface area contributed by atoms with Crippen LogP contribution in [0.2, 0.25) is 0 Å². The molecule has 0 radical (unpaired) electrons. The molecule has 0 aliphatic heterocycles.